The Labute approximate surface area is 62.1 Å². The van der Waals surface area contributed by atoms with E-state index in [9.17, 15) is 9.00 Å². The van der Waals surface area contributed by atoms with E-state index >= 15 is 0 Å². The van der Waals surface area contributed by atoms with Gasteiger partial charge in [-0.15, -0.1) is 0 Å². The average molecular weight is 165 g/mol. The van der Waals surface area contributed by atoms with Crippen molar-refractivity contribution in [3.8, 4) is 0 Å². The molecule has 0 radical (unpaired) electrons. The van der Waals surface area contributed by atoms with Gasteiger partial charge in [0.2, 0.25) is 5.91 Å². The van der Waals surface area contributed by atoms with E-state index in [0.717, 1.165) is 0 Å². The minimum absolute atomic E-state index is 0.0498. The molecule has 0 spiro atoms. The van der Waals surface area contributed by atoms with Crippen molar-refractivity contribution in [1.82, 2.24) is 0 Å². The fourth-order valence-corrected chi connectivity index (χ4v) is 1.32. The van der Waals surface area contributed by atoms with Crippen LogP contribution in [0.25, 0.3) is 0 Å². The minimum atomic E-state index is -1.92. The normalized spacial score (nSPS) is 16.2. The van der Waals surface area contributed by atoms with Crippen molar-refractivity contribution in [1.29, 1.82) is 0 Å². The minimum Gasteiger partial charge on any atom is -0.369 e. The Morgan fingerprint density at radius 1 is 1.80 bits per heavy atom. The van der Waals surface area contributed by atoms with Crippen molar-refractivity contribution < 1.29 is 13.6 Å². The maximum Gasteiger partial charge on any atom is 0.221 e. The number of primary amides is 1. The van der Waals surface area contributed by atoms with Crippen LogP contribution in [0.15, 0.2) is 0 Å². The molecular formula is C5H11NO3S. The molecule has 0 bridgehead atoms. The maximum absolute atomic E-state index is 10.4. The lowest BCUT2D eigenvalue weighted by molar-refractivity contribution is -0.121. The van der Waals surface area contributed by atoms with Crippen LogP contribution in [0.5, 0.6) is 0 Å². The van der Waals surface area contributed by atoms with Gasteiger partial charge in [0.25, 0.3) is 0 Å². The molecule has 0 rings (SSSR count). The average Bonchev–Trinajstić information content (AvgIpc) is 1.81. The van der Waals surface area contributed by atoms with Gasteiger partial charge in [0.1, 0.15) is 0 Å². The quantitative estimate of drug-likeness (QED) is 0.562. The maximum atomic E-state index is 10.4. The summed E-state index contributed by atoms with van der Waals surface area (Å²) >= 11 is -1.92. The van der Waals surface area contributed by atoms with Crippen LogP contribution >= 0.6 is 0 Å². The number of rotatable bonds is 4. The van der Waals surface area contributed by atoms with Crippen LogP contribution < -0.4 is 5.73 Å². The summed E-state index contributed by atoms with van der Waals surface area (Å²) < 4.78 is 18.5. The third-order valence-electron chi connectivity index (χ3n) is 1.24. The molecule has 2 atom stereocenters. The van der Waals surface area contributed by atoms with Crippen molar-refractivity contribution >= 4 is 17.0 Å². The van der Waals surface area contributed by atoms with Gasteiger partial charge in [-0.25, -0.2) is 4.21 Å². The van der Waals surface area contributed by atoms with Crippen molar-refractivity contribution in [2.45, 2.75) is 13.3 Å². The number of hydrogen-bond acceptors (Lipinski definition) is 2. The SMILES string of the molecule is CCC(CS(=O)O)C(N)=O. The highest BCUT2D eigenvalue weighted by Gasteiger charge is 2.14. The molecule has 0 aromatic carbocycles. The molecule has 0 saturated carbocycles. The van der Waals surface area contributed by atoms with Crippen LogP contribution in [0, 0.1) is 5.92 Å². The van der Waals surface area contributed by atoms with Crippen LogP contribution in [-0.4, -0.2) is 20.4 Å². The first kappa shape index (κ1) is 9.58. The van der Waals surface area contributed by atoms with E-state index in [1.165, 1.54) is 0 Å². The van der Waals surface area contributed by atoms with Gasteiger partial charge < -0.3 is 10.3 Å². The predicted molar refractivity (Wildman–Crippen MR) is 38.6 cm³/mol. The first-order chi connectivity index (χ1) is 4.57. The summed E-state index contributed by atoms with van der Waals surface area (Å²) in [6, 6.07) is 0. The molecule has 0 aromatic heterocycles. The zero-order valence-electron chi connectivity index (χ0n) is 5.74. The van der Waals surface area contributed by atoms with Gasteiger partial charge in [0, 0.05) is 0 Å². The number of amides is 1. The highest BCUT2D eigenvalue weighted by Crippen LogP contribution is 2.01. The first-order valence-electron chi connectivity index (χ1n) is 2.94. The van der Waals surface area contributed by atoms with Crippen molar-refractivity contribution in [2.24, 2.45) is 11.7 Å². The van der Waals surface area contributed by atoms with Crippen molar-refractivity contribution in [2.75, 3.05) is 5.75 Å². The lowest BCUT2D eigenvalue weighted by Crippen LogP contribution is -2.27. The van der Waals surface area contributed by atoms with Crippen LogP contribution in [0.4, 0.5) is 0 Å². The van der Waals surface area contributed by atoms with Crippen molar-refractivity contribution in [3.05, 3.63) is 0 Å². The molecule has 0 fully saturated rings. The van der Waals surface area contributed by atoms with E-state index in [2.05, 4.69) is 0 Å². The summed E-state index contributed by atoms with van der Waals surface area (Å²) in [6.07, 6.45) is 0.516. The van der Waals surface area contributed by atoms with Gasteiger partial charge in [-0.05, 0) is 6.42 Å². The summed E-state index contributed by atoms with van der Waals surface area (Å²) in [6.45, 7) is 1.75. The van der Waals surface area contributed by atoms with Gasteiger partial charge in [-0.1, -0.05) is 6.92 Å². The third kappa shape index (κ3) is 3.58. The molecular weight excluding hydrogens is 154 g/mol. The molecule has 0 aliphatic carbocycles. The smallest absolute Gasteiger partial charge is 0.221 e. The summed E-state index contributed by atoms with van der Waals surface area (Å²) in [4.78, 5) is 10.4. The number of carbonyl (C=O) groups is 1. The standard InChI is InChI=1S/C5H11NO3S/c1-2-4(5(6)7)3-10(8)9/h4H,2-3H2,1H3,(H2,6,7)(H,8,9). The molecule has 0 aliphatic rings. The topological polar surface area (TPSA) is 80.4 Å². The second kappa shape index (κ2) is 4.40. The Hall–Kier alpha value is -0.420. The molecule has 0 aliphatic heterocycles. The zero-order valence-corrected chi connectivity index (χ0v) is 6.56. The fourth-order valence-electron chi connectivity index (χ4n) is 0.573. The van der Waals surface area contributed by atoms with Crippen molar-refractivity contribution in [3.63, 3.8) is 0 Å². The highest BCUT2D eigenvalue weighted by atomic mass is 32.2. The van der Waals surface area contributed by atoms with E-state index < -0.39 is 22.9 Å². The Morgan fingerprint density at radius 3 is 2.40 bits per heavy atom. The van der Waals surface area contributed by atoms with Gasteiger partial charge in [0.15, 0.2) is 11.1 Å². The lowest BCUT2D eigenvalue weighted by Gasteiger charge is -2.05. The van der Waals surface area contributed by atoms with E-state index in [-0.39, 0.29) is 5.75 Å². The highest BCUT2D eigenvalue weighted by molar-refractivity contribution is 7.79. The second-order valence-electron chi connectivity index (χ2n) is 2.00. The molecule has 60 valence electrons. The van der Waals surface area contributed by atoms with Crippen LogP contribution in [0.1, 0.15) is 13.3 Å². The first-order valence-corrected chi connectivity index (χ1v) is 4.22. The third-order valence-corrected chi connectivity index (χ3v) is 1.93. The van der Waals surface area contributed by atoms with E-state index in [4.69, 9.17) is 10.3 Å². The summed E-state index contributed by atoms with van der Waals surface area (Å²) in [5.74, 6) is -1.03. The Bertz CT molecular complexity index is 148. The van der Waals surface area contributed by atoms with Gasteiger partial charge in [0.05, 0.1) is 11.7 Å². The van der Waals surface area contributed by atoms with Gasteiger partial charge >= 0.3 is 0 Å². The second-order valence-corrected chi connectivity index (χ2v) is 2.97. The summed E-state index contributed by atoms with van der Waals surface area (Å²) in [7, 11) is 0. The summed E-state index contributed by atoms with van der Waals surface area (Å²) in [5, 5.41) is 0. The van der Waals surface area contributed by atoms with Crippen LogP contribution in [0.2, 0.25) is 0 Å². The molecule has 2 unspecified atom stereocenters. The Balaban J connectivity index is 3.83. The molecule has 0 heterocycles. The number of hydrogen-bond donors (Lipinski definition) is 2. The van der Waals surface area contributed by atoms with Gasteiger partial charge in [-0.2, -0.15) is 0 Å². The predicted octanol–water partition coefficient (Wildman–Crippen LogP) is -0.280. The molecule has 5 heteroatoms. The largest absolute Gasteiger partial charge is 0.369 e. The van der Waals surface area contributed by atoms with E-state index in [1.54, 1.807) is 6.92 Å². The van der Waals surface area contributed by atoms with Crippen LogP contribution in [-0.2, 0) is 15.9 Å². The summed E-state index contributed by atoms with van der Waals surface area (Å²) in [5.41, 5.74) is 4.91. The zero-order chi connectivity index (χ0) is 8.15. The molecule has 3 N–H and O–H groups in total. The number of carbonyl (C=O) groups excluding carboxylic acids is 1. The fraction of sp³-hybridized carbons (Fsp3) is 0.800. The Kier molecular flexibility index (Phi) is 4.22. The lowest BCUT2D eigenvalue weighted by atomic mass is 10.1. The molecule has 4 nitrogen and oxygen atoms in total. The number of nitrogens with two attached hydrogens (primary N) is 1. The monoisotopic (exact) mass is 165 g/mol. The molecule has 0 saturated heterocycles. The van der Waals surface area contributed by atoms with Crippen LogP contribution in [0.3, 0.4) is 0 Å². The molecule has 0 aromatic rings. The van der Waals surface area contributed by atoms with Gasteiger partial charge in [-0.3, -0.25) is 4.79 Å². The molecule has 1 amide bonds. The Morgan fingerprint density at radius 2 is 2.30 bits per heavy atom. The molecule has 10 heavy (non-hydrogen) atoms. The van der Waals surface area contributed by atoms with E-state index in [0.29, 0.717) is 6.42 Å². The van der Waals surface area contributed by atoms with E-state index in [1.807, 2.05) is 0 Å².